The van der Waals surface area contributed by atoms with Crippen LogP contribution >= 0.6 is 43.2 Å². The second-order valence-electron chi connectivity index (χ2n) is 3.32. The summed E-state index contributed by atoms with van der Waals surface area (Å²) in [6, 6.07) is 7.38. The van der Waals surface area contributed by atoms with E-state index in [4.69, 9.17) is 4.74 Å². The van der Waals surface area contributed by atoms with Crippen LogP contribution in [0.5, 0.6) is 5.75 Å². The highest BCUT2D eigenvalue weighted by Gasteiger charge is 2.03. The fourth-order valence-electron chi connectivity index (χ4n) is 1.29. The maximum atomic E-state index is 10.8. The van der Waals surface area contributed by atoms with Crippen molar-refractivity contribution < 1.29 is 9.53 Å². The number of aldehydes is 1. The van der Waals surface area contributed by atoms with Crippen LogP contribution in [0.25, 0.3) is 0 Å². The third kappa shape index (κ3) is 3.40. The topological polar surface area (TPSA) is 26.3 Å². The molecule has 1 aromatic carbocycles. The van der Waals surface area contributed by atoms with Gasteiger partial charge in [-0.05, 0) is 40.2 Å². The molecule has 2 rings (SSSR count). The van der Waals surface area contributed by atoms with Gasteiger partial charge in [0.1, 0.15) is 12.4 Å². The van der Waals surface area contributed by atoms with Crippen molar-refractivity contribution in [3.63, 3.8) is 0 Å². The Balaban J connectivity index is 2.06. The maximum Gasteiger partial charge on any atom is 0.151 e. The van der Waals surface area contributed by atoms with Gasteiger partial charge in [-0.1, -0.05) is 15.9 Å². The van der Waals surface area contributed by atoms with Gasteiger partial charge in [-0.25, -0.2) is 0 Å². The summed E-state index contributed by atoms with van der Waals surface area (Å²) in [5, 5.41) is 2.01. The molecule has 2 aromatic rings. The predicted octanol–water partition coefficient (Wildman–Crippen LogP) is 4.66. The zero-order chi connectivity index (χ0) is 12.3. The summed E-state index contributed by atoms with van der Waals surface area (Å²) in [7, 11) is 0. The quantitative estimate of drug-likeness (QED) is 0.726. The van der Waals surface area contributed by atoms with Crippen LogP contribution < -0.4 is 4.74 Å². The normalized spacial score (nSPS) is 10.2. The molecule has 0 aliphatic rings. The SMILES string of the molecule is O=Cc1cc(OCc2cc(Br)cs2)ccc1Br. The molecule has 5 heteroatoms. The molecule has 0 bridgehead atoms. The van der Waals surface area contributed by atoms with E-state index in [0.29, 0.717) is 17.9 Å². The number of carbonyl (C=O) groups is 1. The molecule has 0 spiro atoms. The standard InChI is InChI=1S/C12H8Br2O2S/c13-9-4-11(17-7-9)6-16-10-1-2-12(14)8(3-10)5-15/h1-5,7H,6H2. The number of carbonyl (C=O) groups excluding carboxylic acids is 1. The summed E-state index contributed by atoms with van der Waals surface area (Å²) in [5.74, 6) is 0.694. The Morgan fingerprint density at radius 2 is 2.12 bits per heavy atom. The molecule has 0 saturated carbocycles. The molecule has 0 N–H and O–H groups in total. The van der Waals surface area contributed by atoms with E-state index < -0.39 is 0 Å². The minimum Gasteiger partial charge on any atom is -0.488 e. The van der Waals surface area contributed by atoms with Crippen molar-refractivity contribution in [1.82, 2.24) is 0 Å². The minimum absolute atomic E-state index is 0.510. The fraction of sp³-hybridized carbons (Fsp3) is 0.0833. The van der Waals surface area contributed by atoms with Gasteiger partial charge in [0.25, 0.3) is 0 Å². The molecule has 1 heterocycles. The van der Waals surface area contributed by atoms with Crippen molar-refractivity contribution in [2.45, 2.75) is 6.61 Å². The zero-order valence-corrected chi connectivity index (χ0v) is 12.6. The molecule has 17 heavy (non-hydrogen) atoms. The van der Waals surface area contributed by atoms with Crippen molar-refractivity contribution >= 4 is 49.5 Å². The number of rotatable bonds is 4. The van der Waals surface area contributed by atoms with Gasteiger partial charge in [-0.15, -0.1) is 11.3 Å². The molecule has 0 aliphatic heterocycles. The molecule has 2 nitrogen and oxygen atoms in total. The monoisotopic (exact) mass is 374 g/mol. The van der Waals surface area contributed by atoms with E-state index >= 15 is 0 Å². The van der Waals surface area contributed by atoms with Crippen LogP contribution in [-0.4, -0.2) is 6.29 Å². The highest BCUT2D eigenvalue weighted by molar-refractivity contribution is 9.10. The Labute approximate surface area is 120 Å². The Morgan fingerprint density at radius 1 is 1.29 bits per heavy atom. The molecule has 0 aliphatic carbocycles. The van der Waals surface area contributed by atoms with Crippen LogP contribution in [0.1, 0.15) is 15.2 Å². The van der Waals surface area contributed by atoms with Crippen LogP contribution in [0.2, 0.25) is 0 Å². The van der Waals surface area contributed by atoms with E-state index in [1.807, 2.05) is 23.6 Å². The summed E-state index contributed by atoms with van der Waals surface area (Å²) < 4.78 is 7.45. The van der Waals surface area contributed by atoms with Crippen LogP contribution in [0.15, 0.2) is 38.6 Å². The van der Waals surface area contributed by atoms with E-state index in [9.17, 15) is 4.79 Å². The lowest BCUT2D eigenvalue weighted by Gasteiger charge is -2.05. The molecular formula is C12H8Br2O2S. The van der Waals surface area contributed by atoms with E-state index in [1.54, 1.807) is 17.4 Å². The average Bonchev–Trinajstić information content (AvgIpc) is 2.74. The summed E-state index contributed by atoms with van der Waals surface area (Å²) in [6.45, 7) is 0.510. The van der Waals surface area contributed by atoms with Crippen LogP contribution in [0.4, 0.5) is 0 Å². The number of halogens is 2. The van der Waals surface area contributed by atoms with Crippen molar-refractivity contribution in [1.29, 1.82) is 0 Å². The van der Waals surface area contributed by atoms with E-state index in [1.165, 1.54) is 0 Å². The first-order valence-corrected chi connectivity index (χ1v) is 7.26. The molecule has 88 valence electrons. The van der Waals surface area contributed by atoms with Crippen molar-refractivity contribution in [3.8, 4) is 5.75 Å². The Bertz CT molecular complexity index is 537. The Kier molecular flexibility index (Phi) is 4.36. The van der Waals surface area contributed by atoms with E-state index in [2.05, 4.69) is 31.9 Å². The van der Waals surface area contributed by atoms with Gasteiger partial charge in [-0.2, -0.15) is 0 Å². The van der Waals surface area contributed by atoms with Gasteiger partial charge in [-0.3, -0.25) is 4.79 Å². The van der Waals surface area contributed by atoms with Gasteiger partial charge in [0, 0.05) is 24.8 Å². The Morgan fingerprint density at radius 3 is 2.76 bits per heavy atom. The number of benzene rings is 1. The molecule has 0 unspecified atom stereocenters. The highest BCUT2D eigenvalue weighted by Crippen LogP contribution is 2.24. The summed E-state index contributed by atoms with van der Waals surface area (Å²) in [5.41, 5.74) is 0.592. The third-order valence-corrected chi connectivity index (χ3v) is 4.49. The molecule has 0 radical (unpaired) electrons. The molecule has 0 atom stereocenters. The average molecular weight is 376 g/mol. The van der Waals surface area contributed by atoms with Crippen LogP contribution in [0.3, 0.4) is 0 Å². The molecule has 0 fully saturated rings. The second-order valence-corrected chi connectivity index (χ2v) is 6.09. The summed E-state index contributed by atoms with van der Waals surface area (Å²) in [6.07, 6.45) is 0.804. The first-order valence-electron chi connectivity index (χ1n) is 4.79. The van der Waals surface area contributed by atoms with Crippen molar-refractivity contribution in [2.24, 2.45) is 0 Å². The second kappa shape index (κ2) is 5.80. The maximum absolute atomic E-state index is 10.8. The number of hydrogen-bond donors (Lipinski definition) is 0. The predicted molar refractivity (Wildman–Crippen MR) is 75.9 cm³/mol. The highest BCUT2D eigenvalue weighted by atomic mass is 79.9. The van der Waals surface area contributed by atoms with E-state index in [-0.39, 0.29) is 0 Å². The van der Waals surface area contributed by atoms with Crippen LogP contribution in [-0.2, 0) is 6.61 Å². The molecule has 1 aromatic heterocycles. The summed E-state index contributed by atoms with van der Waals surface area (Å²) >= 11 is 8.32. The number of hydrogen-bond acceptors (Lipinski definition) is 3. The van der Waals surface area contributed by atoms with Gasteiger partial charge >= 0.3 is 0 Å². The van der Waals surface area contributed by atoms with Crippen molar-refractivity contribution in [3.05, 3.63) is 49.0 Å². The minimum atomic E-state index is 0.510. The Hall–Kier alpha value is -0.650. The largest absolute Gasteiger partial charge is 0.488 e. The zero-order valence-electron chi connectivity index (χ0n) is 8.65. The lowest BCUT2D eigenvalue weighted by atomic mass is 10.2. The van der Waals surface area contributed by atoms with Gasteiger partial charge in [0.2, 0.25) is 0 Å². The van der Waals surface area contributed by atoms with Gasteiger partial charge in [0.05, 0.1) is 0 Å². The van der Waals surface area contributed by atoms with Gasteiger partial charge < -0.3 is 4.74 Å². The smallest absolute Gasteiger partial charge is 0.151 e. The van der Waals surface area contributed by atoms with Crippen molar-refractivity contribution in [2.75, 3.05) is 0 Å². The molecule has 0 saturated heterocycles. The first kappa shape index (κ1) is 12.8. The third-order valence-electron chi connectivity index (χ3n) is 2.10. The number of ether oxygens (including phenoxy) is 1. The lowest BCUT2D eigenvalue weighted by Crippen LogP contribution is -1.94. The number of thiophene rings is 1. The molecule has 0 amide bonds. The fourth-order valence-corrected chi connectivity index (χ4v) is 2.99. The van der Waals surface area contributed by atoms with Crippen LogP contribution in [0, 0.1) is 0 Å². The lowest BCUT2D eigenvalue weighted by molar-refractivity contribution is 0.112. The first-order chi connectivity index (χ1) is 8.19. The summed E-state index contributed by atoms with van der Waals surface area (Å²) in [4.78, 5) is 11.9. The van der Waals surface area contributed by atoms with Gasteiger partial charge in [0.15, 0.2) is 6.29 Å². The molecular weight excluding hydrogens is 368 g/mol. The van der Waals surface area contributed by atoms with E-state index in [0.717, 1.165) is 20.1 Å².